The third-order valence-corrected chi connectivity index (χ3v) is 12.2. The van der Waals surface area contributed by atoms with Crippen LogP contribution in [0.4, 0.5) is 9.59 Å². The molecule has 0 saturated carbocycles. The van der Waals surface area contributed by atoms with E-state index in [4.69, 9.17) is 19.4 Å². The number of nitrogens with zero attached hydrogens (tertiary/aromatic N) is 5. The molecular formula is C45H56N8O6. The Morgan fingerprint density at radius 1 is 0.678 bits per heavy atom. The lowest BCUT2D eigenvalue weighted by Crippen LogP contribution is -2.53. The summed E-state index contributed by atoms with van der Waals surface area (Å²) < 4.78 is 9.75. The monoisotopic (exact) mass is 804 g/mol. The van der Waals surface area contributed by atoms with Gasteiger partial charge in [-0.2, -0.15) is 0 Å². The van der Waals surface area contributed by atoms with Crippen molar-refractivity contribution in [3.63, 3.8) is 0 Å². The zero-order valence-electron chi connectivity index (χ0n) is 35.4. The molecule has 312 valence electrons. The molecule has 3 N–H and O–H groups in total. The third-order valence-electron chi connectivity index (χ3n) is 12.2. The smallest absolute Gasteiger partial charge is 0.409 e. The highest BCUT2D eigenvalue weighted by atomic mass is 16.5. The molecule has 0 radical (unpaired) electrons. The Bertz CT molecular complexity index is 2350. The summed E-state index contributed by atoms with van der Waals surface area (Å²) in [4.78, 5) is 74.5. The molecule has 6 atom stereocenters. The number of methoxy groups -OCH3 is 2. The van der Waals surface area contributed by atoms with Crippen molar-refractivity contribution in [1.29, 1.82) is 0 Å². The van der Waals surface area contributed by atoms with Gasteiger partial charge in [-0.3, -0.25) is 14.5 Å². The van der Waals surface area contributed by atoms with Crippen molar-refractivity contribution in [2.75, 3.05) is 21.3 Å². The Morgan fingerprint density at radius 3 is 1.56 bits per heavy atom. The van der Waals surface area contributed by atoms with Crippen LogP contribution in [0.2, 0.25) is 0 Å². The number of likely N-dealkylation sites (tertiary alicyclic amines) is 2. The van der Waals surface area contributed by atoms with E-state index in [0.717, 1.165) is 81.7 Å². The highest BCUT2D eigenvalue weighted by molar-refractivity contribution is 5.89. The minimum atomic E-state index is -0.709. The number of carbonyl (C=O) groups excluding carboxylic acids is 4. The largest absolute Gasteiger partial charge is 0.453 e. The third kappa shape index (κ3) is 7.96. The van der Waals surface area contributed by atoms with Gasteiger partial charge in [0, 0.05) is 19.1 Å². The van der Waals surface area contributed by atoms with Crippen LogP contribution in [0.5, 0.6) is 0 Å². The summed E-state index contributed by atoms with van der Waals surface area (Å²) in [5.41, 5.74) is 7.54. The Morgan fingerprint density at radius 2 is 1.14 bits per heavy atom. The van der Waals surface area contributed by atoms with E-state index in [1.54, 1.807) is 7.05 Å². The highest BCUT2D eigenvalue weighted by Gasteiger charge is 2.44. The second-order valence-corrected chi connectivity index (χ2v) is 16.8. The Hall–Kier alpha value is -5.92. The number of nitrogens with one attached hydrogen (secondary N) is 3. The maximum absolute atomic E-state index is 14.1. The topological polar surface area (TPSA) is 166 Å². The molecule has 7 rings (SSSR count). The second-order valence-electron chi connectivity index (χ2n) is 16.8. The number of benzene rings is 3. The van der Waals surface area contributed by atoms with Crippen molar-refractivity contribution < 1.29 is 28.7 Å². The number of hydrogen-bond donors (Lipinski definition) is 3. The van der Waals surface area contributed by atoms with Gasteiger partial charge in [0.2, 0.25) is 11.8 Å². The average molecular weight is 805 g/mol. The molecule has 2 aliphatic rings. The molecule has 2 fully saturated rings. The quantitative estimate of drug-likeness (QED) is 0.128. The molecular weight excluding hydrogens is 749 g/mol. The van der Waals surface area contributed by atoms with Gasteiger partial charge < -0.3 is 34.6 Å². The van der Waals surface area contributed by atoms with Gasteiger partial charge in [0.1, 0.15) is 23.7 Å². The zero-order valence-corrected chi connectivity index (χ0v) is 35.4. The van der Waals surface area contributed by atoms with Crippen molar-refractivity contribution in [3.8, 4) is 22.3 Å². The number of amides is 4. The SMILES string of the molecule is COC(=O)N[C@H](C(=O)N1C(C)CC[C@H]1c1nc2cc(-c3ccc(-c4ccc5[nH]c([C@@H]6CCC(C)N6C(=O)[C@H](C(C)C)N(C)C(=O)OC)nc5c4)cc3)ccc2[nH]1)C(C)C. The average Bonchev–Trinajstić information content (AvgIpc) is 4.02. The van der Waals surface area contributed by atoms with E-state index >= 15 is 0 Å². The molecule has 14 heteroatoms. The molecule has 0 bridgehead atoms. The van der Waals surface area contributed by atoms with Crippen molar-refractivity contribution in [1.82, 2.24) is 40.0 Å². The van der Waals surface area contributed by atoms with Crippen molar-refractivity contribution >= 4 is 46.1 Å². The fourth-order valence-electron chi connectivity index (χ4n) is 9.00. The Kier molecular flexibility index (Phi) is 11.7. The molecule has 0 aliphatic carbocycles. The van der Waals surface area contributed by atoms with E-state index in [1.807, 2.05) is 63.5 Å². The minimum absolute atomic E-state index is 0.00382. The van der Waals surface area contributed by atoms with Gasteiger partial charge in [-0.05, 0) is 97.9 Å². The van der Waals surface area contributed by atoms with E-state index < -0.39 is 24.3 Å². The second kappa shape index (κ2) is 16.7. The summed E-state index contributed by atoms with van der Waals surface area (Å²) in [6.45, 7) is 11.8. The van der Waals surface area contributed by atoms with Gasteiger partial charge in [0.15, 0.2) is 0 Å². The van der Waals surface area contributed by atoms with Crippen molar-refractivity contribution in [3.05, 3.63) is 72.3 Å². The van der Waals surface area contributed by atoms with E-state index in [1.165, 1.54) is 19.1 Å². The summed E-state index contributed by atoms with van der Waals surface area (Å²) in [5, 5.41) is 2.73. The first-order valence-electron chi connectivity index (χ1n) is 20.6. The normalized spacial score (nSPS) is 20.4. The fraction of sp³-hybridized carbons (Fsp3) is 0.467. The lowest BCUT2D eigenvalue weighted by Gasteiger charge is -2.36. The van der Waals surface area contributed by atoms with Crippen LogP contribution in [0.25, 0.3) is 44.3 Å². The van der Waals surface area contributed by atoms with Gasteiger partial charge in [-0.1, -0.05) is 64.1 Å². The Labute approximate surface area is 345 Å². The van der Waals surface area contributed by atoms with E-state index in [-0.39, 0.29) is 47.8 Å². The van der Waals surface area contributed by atoms with Crippen LogP contribution in [0.3, 0.4) is 0 Å². The highest BCUT2D eigenvalue weighted by Crippen LogP contribution is 2.39. The van der Waals surface area contributed by atoms with Crippen LogP contribution < -0.4 is 5.32 Å². The molecule has 2 aliphatic heterocycles. The first-order chi connectivity index (χ1) is 28.2. The number of imidazole rings is 2. The molecule has 2 saturated heterocycles. The maximum atomic E-state index is 14.1. The van der Waals surface area contributed by atoms with Gasteiger partial charge in [0.05, 0.1) is 48.4 Å². The van der Waals surface area contributed by atoms with Gasteiger partial charge in [-0.25, -0.2) is 19.6 Å². The standard InChI is InChI=1S/C45H56N8O6/c1-24(2)38(50-44(56)58-8)42(54)52-26(5)10-20-36(52)40-46-32-18-16-30(22-34(32)48-40)28-12-14-29(15-13-28)31-17-19-33-35(23-31)49-41(47-33)37-21-11-27(6)53(37)43(55)39(25(3)4)51(7)45(57)59-9/h12-19,22-27,36-39H,10-11,20-21H2,1-9H3,(H,46,48)(H,47,49)(H,50,56)/t26?,27?,36-,37-,38-,39-/m0/s1. The van der Waals surface area contributed by atoms with E-state index in [9.17, 15) is 19.2 Å². The van der Waals surface area contributed by atoms with Crippen molar-refractivity contribution in [2.45, 2.75) is 103 Å². The fourth-order valence-corrected chi connectivity index (χ4v) is 9.00. The van der Waals surface area contributed by atoms with Crippen LogP contribution in [0.1, 0.15) is 91.0 Å². The first kappa shape index (κ1) is 41.2. The van der Waals surface area contributed by atoms with Gasteiger partial charge >= 0.3 is 12.2 Å². The summed E-state index contributed by atoms with van der Waals surface area (Å²) >= 11 is 0. The predicted molar refractivity (Wildman–Crippen MR) is 226 cm³/mol. The van der Waals surface area contributed by atoms with E-state index in [2.05, 4.69) is 63.8 Å². The maximum Gasteiger partial charge on any atom is 0.409 e. The number of carbonyl (C=O) groups is 4. The molecule has 4 amide bonds. The number of fused-ring (bicyclic) bond motifs is 2. The van der Waals surface area contributed by atoms with Crippen LogP contribution in [0, 0.1) is 11.8 Å². The summed E-state index contributed by atoms with van der Waals surface area (Å²) in [6.07, 6.45) is 2.04. The molecule has 3 aromatic carbocycles. The number of rotatable bonds is 10. The van der Waals surface area contributed by atoms with Crippen LogP contribution >= 0.6 is 0 Å². The van der Waals surface area contributed by atoms with E-state index in [0.29, 0.717) is 0 Å². The Balaban J connectivity index is 1.09. The molecule has 2 unspecified atom stereocenters. The molecule has 0 spiro atoms. The van der Waals surface area contributed by atoms with Gasteiger partial charge in [-0.15, -0.1) is 0 Å². The minimum Gasteiger partial charge on any atom is -0.453 e. The number of hydrogen-bond acceptors (Lipinski definition) is 8. The number of aromatic nitrogens is 4. The summed E-state index contributed by atoms with van der Waals surface area (Å²) in [7, 11) is 4.23. The lowest BCUT2D eigenvalue weighted by molar-refractivity contribution is -0.140. The number of alkyl carbamates (subject to hydrolysis) is 1. The van der Waals surface area contributed by atoms with Crippen molar-refractivity contribution in [2.24, 2.45) is 11.8 Å². The predicted octanol–water partition coefficient (Wildman–Crippen LogP) is 7.98. The van der Waals surface area contributed by atoms with Crippen LogP contribution in [0.15, 0.2) is 60.7 Å². The zero-order chi connectivity index (χ0) is 42.3. The summed E-state index contributed by atoms with van der Waals surface area (Å²) in [5.74, 6) is 0.993. The van der Waals surface area contributed by atoms with Crippen LogP contribution in [-0.2, 0) is 19.1 Å². The molecule has 2 aromatic heterocycles. The van der Waals surface area contributed by atoms with Gasteiger partial charge in [0.25, 0.3) is 0 Å². The summed E-state index contributed by atoms with van der Waals surface area (Å²) in [6, 6.07) is 18.9. The number of H-pyrrole nitrogens is 2. The molecule has 14 nitrogen and oxygen atoms in total. The first-order valence-corrected chi connectivity index (χ1v) is 20.6. The molecule has 5 aromatic rings. The number of aromatic amines is 2. The number of likely N-dealkylation sites (N-methyl/N-ethyl adjacent to an activating group) is 1. The van der Waals surface area contributed by atoms with Crippen LogP contribution in [-0.4, -0.2) is 104 Å². The lowest BCUT2D eigenvalue weighted by atomic mass is 10.00. The molecule has 4 heterocycles. The number of ether oxygens (including phenoxy) is 2. The molecule has 59 heavy (non-hydrogen) atoms.